The highest BCUT2D eigenvalue weighted by Crippen LogP contribution is 2.33. The van der Waals surface area contributed by atoms with Gasteiger partial charge in [-0.15, -0.1) is 59.9 Å². The largest absolute Gasteiger partial charge is 0.508 e. The highest BCUT2D eigenvalue weighted by atomic mass is 79.9. The number of aryl methyl sites for hydroxylation is 3. The molecular formula is C45H45BBr4O9S3. The maximum Gasteiger partial charge on any atom is 0.373 e. The molecule has 0 unspecified atom stereocenters. The van der Waals surface area contributed by atoms with E-state index in [1.807, 2.05) is 106 Å². The standard InChI is InChI=1S/C15H14O3S.C14H12O3S.C8H9BrO.C6H6S.CO2.CH4.BBr3/c1-10-8-12(18-2)6-7-14(10)19-13-5-3-4-11(9-13)15(16)17;1-9-7-11(15)5-6-13(9)18-12-4-2-3-10(8-12)14(16)17;1-6-5-7(10-2)3-4-8(6)9;7-6-4-2-1-3-5-6;2-1-3;;2-1(3)4/h3-9H,1-2H3,(H,16,17);2-8,15H,1H3,(H,16,17);3-5H,1-2H3;1-5,7H;;1H4;. The first kappa shape index (κ1) is 58.1. The topological polar surface area (TPSA) is 147 Å². The van der Waals surface area contributed by atoms with Crippen molar-refractivity contribution in [3.8, 4) is 17.2 Å². The zero-order valence-electron chi connectivity index (χ0n) is 33.3. The van der Waals surface area contributed by atoms with Gasteiger partial charge >= 0.3 is 21.3 Å². The fourth-order valence-corrected chi connectivity index (χ4v) is 6.73. The van der Waals surface area contributed by atoms with E-state index in [1.165, 1.54) is 17.3 Å². The van der Waals surface area contributed by atoms with Crippen LogP contribution in [0.15, 0.2) is 162 Å². The lowest BCUT2D eigenvalue weighted by molar-refractivity contribution is -0.191. The number of hydrogen-bond donors (Lipinski definition) is 4. The highest BCUT2D eigenvalue weighted by molar-refractivity contribution is 9.69. The van der Waals surface area contributed by atoms with Crippen molar-refractivity contribution >= 4 is 121 Å². The molecule has 17 heteroatoms. The van der Waals surface area contributed by atoms with Gasteiger partial charge in [0, 0.05) is 29.0 Å². The van der Waals surface area contributed by atoms with E-state index >= 15 is 0 Å². The van der Waals surface area contributed by atoms with Gasteiger partial charge in [0.25, 0.3) is 0 Å². The number of halogens is 4. The molecule has 0 atom stereocenters. The van der Waals surface area contributed by atoms with Crippen LogP contribution in [-0.4, -0.2) is 50.8 Å². The first-order chi connectivity index (χ1) is 28.9. The molecule has 0 saturated carbocycles. The molecule has 6 rings (SSSR count). The summed E-state index contributed by atoms with van der Waals surface area (Å²) >= 11 is 19.8. The number of aromatic carboxylic acids is 2. The van der Waals surface area contributed by atoms with Crippen LogP contribution in [0.5, 0.6) is 17.2 Å². The van der Waals surface area contributed by atoms with Crippen molar-refractivity contribution in [3.05, 3.63) is 166 Å². The third-order valence-electron chi connectivity index (χ3n) is 7.28. The van der Waals surface area contributed by atoms with Gasteiger partial charge in [-0.05, 0) is 141 Å². The Bertz CT molecular complexity index is 2310. The number of carboxylic acids is 2. The summed E-state index contributed by atoms with van der Waals surface area (Å²) < 4.78 is 11.6. The average Bonchev–Trinajstić information content (AvgIpc) is 3.22. The van der Waals surface area contributed by atoms with Crippen LogP contribution in [0.25, 0.3) is 0 Å². The molecule has 62 heavy (non-hydrogen) atoms. The Kier molecular flexibility index (Phi) is 30.6. The maximum atomic E-state index is 10.9. The number of phenolic OH excluding ortho intramolecular Hbond substituents is 1. The number of methoxy groups -OCH3 is 2. The second-order valence-electron chi connectivity index (χ2n) is 11.7. The number of carboxylic acid groups (broad SMARTS) is 2. The summed E-state index contributed by atoms with van der Waals surface area (Å²) in [5.74, 6) is 0.117. The Balaban J connectivity index is 0.000000794. The zero-order valence-corrected chi connectivity index (χ0v) is 42.2. The van der Waals surface area contributed by atoms with Gasteiger partial charge < -0.3 is 24.8 Å². The van der Waals surface area contributed by atoms with Gasteiger partial charge in [0.2, 0.25) is 0 Å². The summed E-state index contributed by atoms with van der Waals surface area (Å²) in [7, 11) is 3.31. The van der Waals surface area contributed by atoms with Gasteiger partial charge in [0.1, 0.15) is 17.2 Å². The Morgan fingerprint density at radius 1 is 0.613 bits per heavy atom. The molecule has 0 aliphatic rings. The molecule has 0 bridgehead atoms. The van der Waals surface area contributed by atoms with Crippen LogP contribution < -0.4 is 9.47 Å². The number of phenols is 1. The van der Waals surface area contributed by atoms with Gasteiger partial charge in [-0.25, -0.2) is 9.59 Å². The lowest BCUT2D eigenvalue weighted by Crippen LogP contribution is -1.95. The van der Waals surface area contributed by atoms with Crippen LogP contribution in [0.4, 0.5) is 0 Å². The van der Waals surface area contributed by atoms with Crippen molar-refractivity contribution < 1.29 is 44.0 Å². The van der Waals surface area contributed by atoms with E-state index in [9.17, 15) is 14.7 Å². The van der Waals surface area contributed by atoms with E-state index < -0.39 is 11.9 Å². The second kappa shape index (κ2) is 32.7. The molecule has 0 spiro atoms. The van der Waals surface area contributed by atoms with E-state index in [2.05, 4.69) is 75.8 Å². The Morgan fingerprint density at radius 2 is 1.02 bits per heavy atom. The molecule has 0 aromatic heterocycles. The molecule has 9 nitrogen and oxygen atoms in total. The number of benzene rings is 6. The number of carbonyl (C=O) groups is 2. The average molecular weight is 1160 g/mol. The molecule has 6 aromatic carbocycles. The highest BCUT2D eigenvalue weighted by Gasteiger charge is 2.08. The summed E-state index contributed by atoms with van der Waals surface area (Å²) in [6.45, 7) is 5.95. The van der Waals surface area contributed by atoms with Crippen LogP contribution in [0, 0.1) is 20.8 Å². The van der Waals surface area contributed by atoms with Gasteiger partial charge in [-0.2, -0.15) is 9.59 Å². The number of carbonyl (C=O) groups excluding carboxylic acids is 2. The molecule has 0 aliphatic heterocycles. The third kappa shape index (κ3) is 24.6. The quantitative estimate of drug-likeness (QED) is 0.0853. The fourth-order valence-electron chi connectivity index (χ4n) is 4.42. The number of aromatic hydroxyl groups is 1. The number of thiol groups is 1. The van der Waals surface area contributed by atoms with Crippen molar-refractivity contribution in [2.75, 3.05) is 14.2 Å². The van der Waals surface area contributed by atoms with Crippen molar-refractivity contribution in [1.82, 2.24) is 0 Å². The summed E-state index contributed by atoms with van der Waals surface area (Å²) in [4.78, 5) is 42.9. The maximum absolute atomic E-state index is 10.9. The van der Waals surface area contributed by atoms with E-state index in [0.29, 0.717) is 5.56 Å². The first-order valence-electron chi connectivity index (χ1n) is 17.4. The minimum Gasteiger partial charge on any atom is -0.508 e. The van der Waals surface area contributed by atoms with Crippen LogP contribution in [0.2, 0.25) is 0 Å². The van der Waals surface area contributed by atoms with Gasteiger partial charge in [-0.3, -0.25) is 0 Å². The molecule has 3 N–H and O–H groups in total. The minimum absolute atomic E-state index is 0. The summed E-state index contributed by atoms with van der Waals surface area (Å²) in [6, 6.07) is 40.4. The molecule has 0 radical (unpaired) electrons. The fraction of sp³-hybridized carbons (Fsp3) is 0.133. The number of rotatable bonds is 8. The molecule has 0 fully saturated rings. The van der Waals surface area contributed by atoms with Crippen LogP contribution in [-0.2, 0) is 9.59 Å². The molecule has 0 saturated heterocycles. The molecule has 6 aromatic rings. The predicted molar refractivity (Wildman–Crippen MR) is 269 cm³/mol. The van der Waals surface area contributed by atoms with Crippen molar-refractivity contribution in [1.29, 1.82) is 0 Å². The summed E-state index contributed by atoms with van der Waals surface area (Å²) in [5.41, 5.74) is 3.83. The lowest BCUT2D eigenvalue weighted by atomic mass is 10.2. The Morgan fingerprint density at radius 3 is 1.37 bits per heavy atom. The van der Waals surface area contributed by atoms with Crippen LogP contribution in [0.1, 0.15) is 44.8 Å². The number of hydrogen-bond acceptors (Lipinski definition) is 10. The van der Waals surface area contributed by atoms with Crippen molar-refractivity contribution in [2.24, 2.45) is 0 Å². The van der Waals surface area contributed by atoms with E-state index in [-0.39, 0.29) is 28.1 Å². The molecule has 0 aliphatic carbocycles. The summed E-state index contributed by atoms with van der Waals surface area (Å²) in [6.07, 6.45) is 0.250. The van der Waals surface area contributed by atoms with E-state index in [0.717, 1.165) is 51.6 Å². The Labute approximate surface area is 411 Å². The third-order valence-corrected chi connectivity index (χ3v) is 10.8. The van der Waals surface area contributed by atoms with Crippen LogP contribution >= 0.6 is 99.4 Å². The molecule has 0 heterocycles. The van der Waals surface area contributed by atoms with Gasteiger partial charge in [-0.1, -0.05) is 77.2 Å². The van der Waals surface area contributed by atoms with E-state index in [1.54, 1.807) is 74.5 Å². The summed E-state index contributed by atoms with van der Waals surface area (Å²) in [5, 5.41) is 27.2. The Hall–Kier alpha value is -3.93. The van der Waals surface area contributed by atoms with E-state index in [4.69, 9.17) is 29.3 Å². The normalized spacial score (nSPS) is 9.19. The van der Waals surface area contributed by atoms with Gasteiger partial charge in [0.05, 0.1) is 25.3 Å². The van der Waals surface area contributed by atoms with Crippen molar-refractivity contribution in [3.63, 3.8) is 0 Å². The second-order valence-corrected chi connectivity index (χ2v) is 21.8. The van der Waals surface area contributed by atoms with Gasteiger partial charge in [0.15, 0.2) is 0 Å². The zero-order chi connectivity index (χ0) is 45.9. The molecule has 0 amide bonds. The monoisotopic (exact) mass is 1150 g/mol. The minimum atomic E-state index is -0.931. The van der Waals surface area contributed by atoms with Crippen LogP contribution in [0.3, 0.4) is 0 Å². The molecular weight excluding hydrogens is 1110 g/mol. The first-order valence-corrected chi connectivity index (χ1v) is 23.0. The smallest absolute Gasteiger partial charge is 0.373 e. The molecule has 328 valence electrons. The lowest BCUT2D eigenvalue weighted by Gasteiger charge is -2.08. The SMILES string of the molecule is BrB(Br)Br.C.COc1ccc(Br)c(C)c1.COc1ccc(Sc2cccc(C(=O)O)c2)c(C)c1.Cc1cc(O)ccc1Sc1cccc(C(=O)O)c1.O=C=O.Sc1ccccc1. The van der Waals surface area contributed by atoms with Crippen molar-refractivity contribution in [2.45, 2.75) is 52.7 Å². The number of ether oxygens (including phenoxy) is 2. The predicted octanol–water partition coefficient (Wildman–Crippen LogP) is 14.4.